The molecule has 1 aromatic heterocycles. The predicted molar refractivity (Wildman–Crippen MR) is 79.8 cm³/mol. The van der Waals surface area contributed by atoms with Gasteiger partial charge in [0.1, 0.15) is 0 Å². The standard InChI is InChI=1S/C16H10F3N3O3/c17-16(18,19)12-3-1-2-11(8-12)14-22-21-13(24-14)9-4-6-10(7-5-9)15(23)25-20/h1-8H,20H2. The first-order chi connectivity index (χ1) is 11.9. The molecule has 0 fully saturated rings. The van der Waals surface area contributed by atoms with Gasteiger partial charge in [0.25, 0.3) is 0 Å². The van der Waals surface area contributed by atoms with Gasteiger partial charge in [-0.15, -0.1) is 10.2 Å². The Bertz CT molecular complexity index is 905. The maximum absolute atomic E-state index is 12.8. The van der Waals surface area contributed by atoms with Gasteiger partial charge in [0.2, 0.25) is 11.8 Å². The fourth-order valence-corrected chi connectivity index (χ4v) is 2.10. The van der Waals surface area contributed by atoms with Gasteiger partial charge >= 0.3 is 12.1 Å². The first-order valence-electron chi connectivity index (χ1n) is 6.91. The van der Waals surface area contributed by atoms with Crippen LogP contribution in [0.5, 0.6) is 0 Å². The molecule has 0 saturated heterocycles. The summed E-state index contributed by atoms with van der Waals surface area (Å²) in [5.41, 5.74) is 0.0504. The normalized spacial score (nSPS) is 11.4. The van der Waals surface area contributed by atoms with E-state index in [-0.39, 0.29) is 22.9 Å². The van der Waals surface area contributed by atoms with E-state index in [1.54, 1.807) is 0 Å². The lowest BCUT2D eigenvalue weighted by atomic mass is 10.1. The number of nitrogens with two attached hydrogens (primary N) is 1. The fourth-order valence-electron chi connectivity index (χ4n) is 2.10. The number of benzene rings is 2. The molecular formula is C16H10F3N3O3. The van der Waals surface area contributed by atoms with E-state index < -0.39 is 17.7 Å². The highest BCUT2D eigenvalue weighted by Gasteiger charge is 2.30. The minimum absolute atomic E-state index is 0.0495. The Morgan fingerprint density at radius 2 is 1.64 bits per heavy atom. The van der Waals surface area contributed by atoms with E-state index in [1.807, 2.05) is 0 Å². The average Bonchev–Trinajstić information content (AvgIpc) is 3.11. The minimum atomic E-state index is -4.47. The summed E-state index contributed by atoms with van der Waals surface area (Å²) >= 11 is 0. The number of hydrogen-bond acceptors (Lipinski definition) is 6. The van der Waals surface area contributed by atoms with Crippen molar-refractivity contribution in [2.45, 2.75) is 6.18 Å². The number of rotatable bonds is 3. The lowest BCUT2D eigenvalue weighted by Gasteiger charge is -2.06. The molecule has 0 unspecified atom stereocenters. The van der Waals surface area contributed by atoms with Crippen molar-refractivity contribution in [3.63, 3.8) is 0 Å². The van der Waals surface area contributed by atoms with Crippen LogP contribution in [0.25, 0.3) is 22.9 Å². The number of carbonyl (C=O) groups excluding carboxylic acids is 1. The van der Waals surface area contributed by atoms with E-state index in [0.717, 1.165) is 12.1 Å². The van der Waals surface area contributed by atoms with Gasteiger partial charge in [-0.3, -0.25) is 0 Å². The molecule has 3 rings (SSSR count). The molecular weight excluding hydrogens is 339 g/mol. The lowest BCUT2D eigenvalue weighted by molar-refractivity contribution is -0.137. The highest BCUT2D eigenvalue weighted by atomic mass is 19.4. The highest BCUT2D eigenvalue weighted by molar-refractivity contribution is 5.89. The number of aromatic nitrogens is 2. The predicted octanol–water partition coefficient (Wildman–Crippen LogP) is 3.45. The summed E-state index contributed by atoms with van der Waals surface area (Å²) in [5, 5.41) is 7.57. The molecule has 0 aliphatic carbocycles. The molecule has 9 heteroatoms. The van der Waals surface area contributed by atoms with Crippen molar-refractivity contribution in [1.82, 2.24) is 10.2 Å². The second-order valence-corrected chi connectivity index (χ2v) is 4.97. The molecule has 0 amide bonds. The zero-order valence-corrected chi connectivity index (χ0v) is 12.4. The van der Waals surface area contributed by atoms with Crippen molar-refractivity contribution in [1.29, 1.82) is 0 Å². The fraction of sp³-hybridized carbons (Fsp3) is 0.0625. The summed E-state index contributed by atoms with van der Waals surface area (Å²) in [6, 6.07) is 10.5. The van der Waals surface area contributed by atoms with Crippen LogP contribution in [0, 0.1) is 0 Å². The van der Waals surface area contributed by atoms with Crippen molar-refractivity contribution < 1.29 is 27.2 Å². The third-order valence-electron chi connectivity index (χ3n) is 3.34. The van der Waals surface area contributed by atoms with Crippen molar-refractivity contribution in [3.8, 4) is 22.9 Å². The minimum Gasteiger partial charge on any atom is -0.416 e. The van der Waals surface area contributed by atoms with Crippen LogP contribution >= 0.6 is 0 Å². The second kappa shape index (κ2) is 6.36. The summed E-state index contributed by atoms with van der Waals surface area (Å²) in [6.07, 6.45) is -4.47. The first kappa shape index (κ1) is 16.7. The third kappa shape index (κ3) is 3.50. The quantitative estimate of drug-likeness (QED) is 0.728. The van der Waals surface area contributed by atoms with Crippen LogP contribution < -0.4 is 5.90 Å². The van der Waals surface area contributed by atoms with Crippen molar-refractivity contribution in [2.75, 3.05) is 0 Å². The van der Waals surface area contributed by atoms with E-state index in [1.165, 1.54) is 36.4 Å². The zero-order valence-electron chi connectivity index (χ0n) is 12.4. The van der Waals surface area contributed by atoms with E-state index in [2.05, 4.69) is 15.0 Å². The van der Waals surface area contributed by atoms with Crippen LogP contribution in [-0.4, -0.2) is 16.2 Å². The second-order valence-electron chi connectivity index (χ2n) is 4.97. The van der Waals surface area contributed by atoms with E-state index in [9.17, 15) is 18.0 Å². The molecule has 2 aromatic carbocycles. The molecule has 0 saturated carbocycles. The Morgan fingerprint density at radius 3 is 2.24 bits per heavy atom. The van der Waals surface area contributed by atoms with Gasteiger partial charge < -0.3 is 9.25 Å². The van der Waals surface area contributed by atoms with Crippen molar-refractivity contribution >= 4 is 5.97 Å². The number of hydrogen-bond donors (Lipinski definition) is 1. The molecule has 0 aliphatic rings. The highest BCUT2D eigenvalue weighted by Crippen LogP contribution is 2.32. The summed E-state index contributed by atoms with van der Waals surface area (Å²) < 4.78 is 43.7. The van der Waals surface area contributed by atoms with Gasteiger partial charge in [-0.25, -0.2) is 4.79 Å². The largest absolute Gasteiger partial charge is 0.416 e. The molecule has 128 valence electrons. The van der Waals surface area contributed by atoms with Crippen LogP contribution in [-0.2, 0) is 11.0 Å². The summed E-state index contributed by atoms with van der Waals surface area (Å²) in [4.78, 5) is 15.4. The molecule has 25 heavy (non-hydrogen) atoms. The van der Waals surface area contributed by atoms with E-state index >= 15 is 0 Å². The maximum atomic E-state index is 12.8. The zero-order chi connectivity index (χ0) is 18.0. The Morgan fingerprint density at radius 1 is 1.00 bits per heavy atom. The number of nitrogens with zero attached hydrogens (tertiary/aromatic N) is 2. The monoisotopic (exact) mass is 349 g/mol. The third-order valence-corrected chi connectivity index (χ3v) is 3.34. The van der Waals surface area contributed by atoms with Crippen molar-refractivity contribution in [2.24, 2.45) is 5.90 Å². The lowest BCUT2D eigenvalue weighted by Crippen LogP contribution is -2.09. The Labute approximate surface area is 139 Å². The first-order valence-corrected chi connectivity index (χ1v) is 6.91. The van der Waals surface area contributed by atoms with Crippen molar-refractivity contribution in [3.05, 3.63) is 59.7 Å². The van der Waals surface area contributed by atoms with Crippen LogP contribution in [0.3, 0.4) is 0 Å². The van der Waals surface area contributed by atoms with Gasteiger partial charge in [-0.1, -0.05) is 6.07 Å². The molecule has 0 radical (unpaired) electrons. The van der Waals surface area contributed by atoms with Crippen LogP contribution in [0.15, 0.2) is 52.9 Å². The van der Waals surface area contributed by atoms with Gasteiger partial charge in [0, 0.05) is 11.1 Å². The number of halogens is 3. The Balaban J connectivity index is 1.89. The Kier molecular flexibility index (Phi) is 4.24. The average molecular weight is 349 g/mol. The van der Waals surface area contributed by atoms with E-state index in [4.69, 9.17) is 10.3 Å². The molecule has 0 atom stereocenters. The van der Waals surface area contributed by atoms with Gasteiger partial charge in [0.05, 0.1) is 11.1 Å². The van der Waals surface area contributed by atoms with Gasteiger partial charge in [0.15, 0.2) is 0 Å². The van der Waals surface area contributed by atoms with E-state index in [0.29, 0.717) is 5.56 Å². The molecule has 6 nitrogen and oxygen atoms in total. The van der Waals surface area contributed by atoms with Gasteiger partial charge in [-0.05, 0) is 42.5 Å². The van der Waals surface area contributed by atoms with Crippen LogP contribution in [0.1, 0.15) is 15.9 Å². The number of carbonyl (C=O) groups is 1. The smallest absolute Gasteiger partial charge is 0.416 e. The topological polar surface area (TPSA) is 91.2 Å². The summed E-state index contributed by atoms with van der Waals surface area (Å²) in [6.45, 7) is 0. The van der Waals surface area contributed by atoms with Crippen LogP contribution in [0.2, 0.25) is 0 Å². The summed E-state index contributed by atoms with van der Waals surface area (Å²) in [5.74, 6) is 4.13. The SMILES string of the molecule is NOC(=O)c1ccc(-c2nnc(-c3cccc(C(F)(F)F)c3)o2)cc1. The summed E-state index contributed by atoms with van der Waals surface area (Å²) in [7, 11) is 0. The molecule has 1 heterocycles. The molecule has 3 aromatic rings. The molecule has 2 N–H and O–H groups in total. The number of alkyl halides is 3. The molecule has 0 bridgehead atoms. The molecule has 0 spiro atoms. The van der Waals surface area contributed by atoms with Gasteiger partial charge in [-0.2, -0.15) is 19.1 Å². The maximum Gasteiger partial charge on any atom is 0.416 e. The molecule has 0 aliphatic heterocycles. The van der Waals surface area contributed by atoms with Crippen LogP contribution in [0.4, 0.5) is 13.2 Å². The Hall–Kier alpha value is -3.20.